The van der Waals surface area contributed by atoms with E-state index >= 15 is 0 Å². The summed E-state index contributed by atoms with van der Waals surface area (Å²) in [7, 11) is 0. The number of hydrogen-bond donors (Lipinski definition) is 2. The van der Waals surface area contributed by atoms with E-state index in [1.54, 1.807) is 13.8 Å². The SMILES string of the molecule is CCc1nc(NC(=O)C(C)(C)C(N)=S)sc1C. The first-order valence-electron chi connectivity index (χ1n) is 5.36. The lowest BCUT2D eigenvalue weighted by Crippen LogP contribution is -2.41. The molecular weight excluding hydrogens is 254 g/mol. The van der Waals surface area contributed by atoms with Crippen LogP contribution in [0.15, 0.2) is 0 Å². The minimum atomic E-state index is -0.860. The van der Waals surface area contributed by atoms with Crippen molar-refractivity contribution in [3.05, 3.63) is 10.6 Å². The van der Waals surface area contributed by atoms with E-state index in [9.17, 15) is 4.79 Å². The Morgan fingerprint density at radius 2 is 2.18 bits per heavy atom. The molecule has 0 saturated carbocycles. The molecule has 0 aliphatic rings. The summed E-state index contributed by atoms with van der Waals surface area (Å²) in [5.74, 6) is -0.221. The van der Waals surface area contributed by atoms with Gasteiger partial charge in [0.2, 0.25) is 5.91 Å². The van der Waals surface area contributed by atoms with E-state index < -0.39 is 5.41 Å². The first-order chi connectivity index (χ1) is 7.78. The van der Waals surface area contributed by atoms with Gasteiger partial charge in [-0.1, -0.05) is 19.1 Å². The van der Waals surface area contributed by atoms with Gasteiger partial charge in [-0.15, -0.1) is 11.3 Å². The minimum absolute atomic E-state index is 0.180. The van der Waals surface area contributed by atoms with Crippen molar-refractivity contribution in [2.45, 2.75) is 34.1 Å². The Labute approximate surface area is 111 Å². The number of nitrogens with two attached hydrogens (primary N) is 1. The molecule has 0 radical (unpaired) electrons. The van der Waals surface area contributed by atoms with Gasteiger partial charge < -0.3 is 11.1 Å². The largest absolute Gasteiger partial charge is 0.392 e. The maximum absolute atomic E-state index is 12.0. The van der Waals surface area contributed by atoms with Crippen LogP contribution in [0, 0.1) is 12.3 Å². The fourth-order valence-electron chi connectivity index (χ4n) is 1.17. The average Bonchev–Trinajstić information content (AvgIpc) is 2.58. The molecule has 0 aliphatic heterocycles. The number of nitrogens with one attached hydrogen (secondary N) is 1. The molecule has 6 heteroatoms. The number of aryl methyl sites for hydroxylation is 2. The van der Waals surface area contributed by atoms with Crippen LogP contribution >= 0.6 is 23.6 Å². The van der Waals surface area contributed by atoms with Gasteiger partial charge in [0.15, 0.2) is 5.13 Å². The Morgan fingerprint density at radius 1 is 1.59 bits per heavy atom. The number of thiocarbonyl (C=S) groups is 1. The van der Waals surface area contributed by atoms with Gasteiger partial charge in [-0.2, -0.15) is 0 Å². The summed E-state index contributed by atoms with van der Waals surface area (Å²) in [6.45, 7) is 7.43. The zero-order chi connectivity index (χ0) is 13.2. The first-order valence-corrected chi connectivity index (χ1v) is 6.59. The third kappa shape index (κ3) is 3.01. The molecule has 0 atom stereocenters. The van der Waals surface area contributed by atoms with Crippen molar-refractivity contribution < 1.29 is 4.79 Å². The van der Waals surface area contributed by atoms with Crippen LogP contribution in [0.1, 0.15) is 31.3 Å². The number of amides is 1. The van der Waals surface area contributed by atoms with Crippen LogP contribution in [0.2, 0.25) is 0 Å². The van der Waals surface area contributed by atoms with Crippen LogP contribution in [-0.4, -0.2) is 15.9 Å². The highest BCUT2D eigenvalue weighted by molar-refractivity contribution is 7.80. The van der Waals surface area contributed by atoms with E-state index in [0.717, 1.165) is 17.0 Å². The summed E-state index contributed by atoms with van der Waals surface area (Å²) in [6, 6.07) is 0. The number of carbonyl (C=O) groups is 1. The summed E-state index contributed by atoms with van der Waals surface area (Å²) in [5.41, 5.74) is 5.69. The van der Waals surface area contributed by atoms with Gasteiger partial charge in [-0.3, -0.25) is 4.79 Å². The lowest BCUT2D eigenvalue weighted by atomic mass is 9.92. The molecule has 3 N–H and O–H groups in total. The van der Waals surface area contributed by atoms with E-state index in [2.05, 4.69) is 10.3 Å². The Morgan fingerprint density at radius 3 is 2.59 bits per heavy atom. The van der Waals surface area contributed by atoms with Crippen LogP contribution in [0.4, 0.5) is 5.13 Å². The van der Waals surface area contributed by atoms with Gasteiger partial charge >= 0.3 is 0 Å². The molecule has 1 rings (SSSR count). The molecule has 0 spiro atoms. The van der Waals surface area contributed by atoms with E-state index in [1.165, 1.54) is 11.3 Å². The van der Waals surface area contributed by atoms with Crippen molar-refractivity contribution >= 4 is 39.6 Å². The maximum atomic E-state index is 12.0. The number of anilines is 1. The second kappa shape index (κ2) is 5.10. The fraction of sp³-hybridized carbons (Fsp3) is 0.545. The highest BCUT2D eigenvalue weighted by atomic mass is 32.1. The molecule has 17 heavy (non-hydrogen) atoms. The van der Waals surface area contributed by atoms with Crippen LogP contribution in [0.25, 0.3) is 0 Å². The summed E-state index contributed by atoms with van der Waals surface area (Å²) in [4.78, 5) is 17.6. The van der Waals surface area contributed by atoms with Crippen molar-refractivity contribution in [3.63, 3.8) is 0 Å². The molecule has 1 heterocycles. The van der Waals surface area contributed by atoms with Gasteiger partial charge in [-0.25, -0.2) is 4.98 Å². The Kier molecular flexibility index (Phi) is 4.21. The zero-order valence-corrected chi connectivity index (χ0v) is 12.1. The van der Waals surface area contributed by atoms with Gasteiger partial charge in [-0.05, 0) is 27.2 Å². The fourth-order valence-corrected chi connectivity index (χ4v) is 2.16. The van der Waals surface area contributed by atoms with Crippen LogP contribution in [-0.2, 0) is 11.2 Å². The summed E-state index contributed by atoms with van der Waals surface area (Å²) in [5, 5.41) is 3.37. The summed E-state index contributed by atoms with van der Waals surface area (Å²) < 4.78 is 0. The molecule has 1 aromatic heterocycles. The third-order valence-electron chi connectivity index (χ3n) is 2.63. The number of aromatic nitrogens is 1. The normalized spacial score (nSPS) is 11.3. The lowest BCUT2D eigenvalue weighted by molar-refractivity contribution is -0.121. The number of rotatable bonds is 4. The summed E-state index contributed by atoms with van der Waals surface area (Å²) >= 11 is 6.35. The number of hydrogen-bond acceptors (Lipinski definition) is 4. The van der Waals surface area contributed by atoms with Gasteiger partial charge in [0.1, 0.15) is 0 Å². The Bertz CT molecular complexity index is 452. The molecule has 0 fully saturated rings. The highest BCUT2D eigenvalue weighted by Crippen LogP contribution is 2.25. The highest BCUT2D eigenvalue weighted by Gasteiger charge is 2.31. The third-order valence-corrected chi connectivity index (χ3v) is 4.07. The molecule has 94 valence electrons. The quantitative estimate of drug-likeness (QED) is 0.824. The Balaban J connectivity index is 2.85. The van der Waals surface area contributed by atoms with Crippen LogP contribution < -0.4 is 11.1 Å². The zero-order valence-electron chi connectivity index (χ0n) is 10.5. The Hall–Kier alpha value is -1.01. The van der Waals surface area contributed by atoms with Crippen molar-refractivity contribution in [1.29, 1.82) is 0 Å². The van der Waals surface area contributed by atoms with Crippen molar-refractivity contribution in [3.8, 4) is 0 Å². The van der Waals surface area contributed by atoms with Gasteiger partial charge in [0.05, 0.1) is 16.1 Å². The molecule has 0 bridgehead atoms. The first kappa shape index (κ1) is 14.1. The molecule has 0 unspecified atom stereocenters. The lowest BCUT2D eigenvalue weighted by Gasteiger charge is -2.20. The molecule has 1 amide bonds. The molecule has 0 saturated heterocycles. The maximum Gasteiger partial charge on any atom is 0.238 e. The van der Waals surface area contributed by atoms with Crippen molar-refractivity contribution in [2.24, 2.45) is 11.1 Å². The predicted molar refractivity (Wildman–Crippen MR) is 75.4 cm³/mol. The smallest absolute Gasteiger partial charge is 0.238 e. The minimum Gasteiger partial charge on any atom is -0.392 e. The van der Waals surface area contributed by atoms with E-state index in [-0.39, 0.29) is 10.9 Å². The van der Waals surface area contributed by atoms with Crippen LogP contribution in [0.3, 0.4) is 0 Å². The number of thiazole rings is 1. The number of carbonyl (C=O) groups excluding carboxylic acids is 1. The average molecular weight is 271 g/mol. The monoisotopic (exact) mass is 271 g/mol. The topological polar surface area (TPSA) is 68.0 Å². The van der Waals surface area contributed by atoms with E-state index in [1.807, 2.05) is 13.8 Å². The van der Waals surface area contributed by atoms with Gasteiger partial charge in [0, 0.05) is 4.88 Å². The molecular formula is C11H17N3OS2. The molecule has 1 aromatic rings. The molecule has 0 aliphatic carbocycles. The summed E-state index contributed by atoms with van der Waals surface area (Å²) in [6.07, 6.45) is 0.858. The van der Waals surface area contributed by atoms with Gasteiger partial charge in [0.25, 0.3) is 0 Å². The number of nitrogens with zero attached hydrogens (tertiary/aromatic N) is 1. The van der Waals surface area contributed by atoms with Crippen molar-refractivity contribution in [1.82, 2.24) is 4.98 Å². The standard InChI is InChI=1S/C11H17N3OS2/c1-5-7-6(2)17-10(13-7)14-9(15)11(3,4)8(12)16/h5H2,1-4H3,(H2,12,16)(H,13,14,15). The van der Waals surface area contributed by atoms with E-state index in [0.29, 0.717) is 5.13 Å². The van der Waals surface area contributed by atoms with E-state index in [4.69, 9.17) is 18.0 Å². The predicted octanol–water partition coefficient (Wildman–Crippen LogP) is 2.26. The molecule has 4 nitrogen and oxygen atoms in total. The second-order valence-electron chi connectivity index (χ2n) is 4.32. The van der Waals surface area contributed by atoms with Crippen molar-refractivity contribution in [2.75, 3.05) is 5.32 Å². The molecule has 0 aromatic carbocycles. The second-order valence-corrected chi connectivity index (χ2v) is 5.96. The van der Waals surface area contributed by atoms with Crippen LogP contribution in [0.5, 0.6) is 0 Å².